The van der Waals surface area contributed by atoms with Crippen LogP contribution in [0.3, 0.4) is 0 Å². The van der Waals surface area contributed by atoms with Gasteiger partial charge in [-0.2, -0.15) is 0 Å². The fourth-order valence-corrected chi connectivity index (χ4v) is 2.83. The van der Waals surface area contributed by atoms with Crippen LogP contribution in [-0.4, -0.2) is 15.5 Å². The number of aromatic nitrogens is 2. The molecule has 1 N–H and O–H groups in total. The van der Waals surface area contributed by atoms with Crippen LogP contribution in [0.15, 0.2) is 54.2 Å². The molecule has 106 valence electrons. The van der Waals surface area contributed by atoms with E-state index in [1.807, 2.05) is 47.3 Å². The van der Waals surface area contributed by atoms with Crippen LogP contribution in [0.2, 0.25) is 5.02 Å². The Morgan fingerprint density at radius 3 is 2.76 bits per heavy atom. The number of carbonyl (C=O) groups excluding carboxylic acids is 1. The van der Waals surface area contributed by atoms with Crippen molar-refractivity contribution in [3.05, 3.63) is 70.5 Å². The summed E-state index contributed by atoms with van der Waals surface area (Å²) in [5.74, 6) is -0.204. The van der Waals surface area contributed by atoms with Crippen LogP contribution < -0.4 is 5.32 Å². The highest BCUT2D eigenvalue weighted by Gasteiger charge is 2.11. The molecule has 0 aliphatic carbocycles. The smallest absolute Gasteiger partial charge is 0.271 e. The number of thiazole rings is 1. The normalized spacial score (nSPS) is 10.5. The van der Waals surface area contributed by atoms with E-state index in [0.717, 1.165) is 10.7 Å². The number of hydrogen-bond acceptors (Lipinski definition) is 3. The second kappa shape index (κ2) is 6.11. The number of nitrogens with zero attached hydrogens (tertiary/aromatic N) is 2. The van der Waals surface area contributed by atoms with E-state index >= 15 is 0 Å². The Balaban J connectivity index is 1.68. The van der Waals surface area contributed by atoms with Gasteiger partial charge in [0.2, 0.25) is 0 Å². The SMILES string of the molecule is O=C(NCc1ccccc1Cl)c1csc(-n2cccc2)n1. The molecule has 0 saturated carbocycles. The highest BCUT2D eigenvalue weighted by atomic mass is 35.5. The number of halogens is 1. The number of nitrogens with one attached hydrogen (secondary N) is 1. The summed E-state index contributed by atoms with van der Waals surface area (Å²) >= 11 is 7.48. The maximum absolute atomic E-state index is 12.1. The van der Waals surface area contributed by atoms with Crippen LogP contribution in [-0.2, 0) is 6.54 Å². The topological polar surface area (TPSA) is 46.9 Å². The zero-order chi connectivity index (χ0) is 14.7. The van der Waals surface area contributed by atoms with E-state index < -0.39 is 0 Å². The van der Waals surface area contributed by atoms with Gasteiger partial charge in [-0.05, 0) is 23.8 Å². The van der Waals surface area contributed by atoms with Crippen LogP contribution >= 0.6 is 22.9 Å². The van der Waals surface area contributed by atoms with Gasteiger partial charge in [-0.25, -0.2) is 4.98 Å². The summed E-state index contributed by atoms with van der Waals surface area (Å²) < 4.78 is 1.87. The molecule has 2 heterocycles. The van der Waals surface area contributed by atoms with Crippen molar-refractivity contribution in [2.24, 2.45) is 0 Å². The highest BCUT2D eigenvalue weighted by Crippen LogP contribution is 2.16. The van der Waals surface area contributed by atoms with E-state index in [9.17, 15) is 4.79 Å². The largest absolute Gasteiger partial charge is 0.347 e. The molecule has 1 amide bonds. The molecular formula is C15H12ClN3OS. The fraction of sp³-hybridized carbons (Fsp3) is 0.0667. The van der Waals surface area contributed by atoms with Crippen molar-refractivity contribution in [3.63, 3.8) is 0 Å². The van der Waals surface area contributed by atoms with Gasteiger partial charge in [0.05, 0.1) is 0 Å². The summed E-state index contributed by atoms with van der Waals surface area (Å²) in [6.07, 6.45) is 3.79. The Morgan fingerprint density at radius 1 is 1.24 bits per heavy atom. The predicted octanol–water partition coefficient (Wildman–Crippen LogP) is 3.52. The van der Waals surface area contributed by atoms with E-state index in [2.05, 4.69) is 10.3 Å². The van der Waals surface area contributed by atoms with Crippen molar-refractivity contribution < 1.29 is 4.79 Å². The molecule has 0 bridgehead atoms. The van der Waals surface area contributed by atoms with E-state index in [0.29, 0.717) is 17.3 Å². The fourth-order valence-electron chi connectivity index (χ4n) is 1.86. The summed E-state index contributed by atoms with van der Waals surface area (Å²) in [7, 11) is 0. The highest BCUT2D eigenvalue weighted by molar-refractivity contribution is 7.12. The number of rotatable bonds is 4. The first kappa shape index (κ1) is 13.9. The third-order valence-corrected chi connectivity index (χ3v) is 4.17. The second-order valence-electron chi connectivity index (χ2n) is 4.38. The van der Waals surface area contributed by atoms with E-state index in [4.69, 9.17) is 11.6 Å². The Kier molecular flexibility index (Phi) is 4.03. The molecule has 0 saturated heterocycles. The first-order valence-electron chi connectivity index (χ1n) is 6.34. The average molecular weight is 318 g/mol. The molecule has 0 aliphatic rings. The summed E-state index contributed by atoms with van der Waals surface area (Å²) in [6.45, 7) is 0.384. The minimum absolute atomic E-state index is 0.204. The zero-order valence-corrected chi connectivity index (χ0v) is 12.6. The van der Waals surface area contributed by atoms with Crippen LogP contribution in [0.4, 0.5) is 0 Å². The molecule has 0 spiro atoms. The predicted molar refractivity (Wildman–Crippen MR) is 84.1 cm³/mol. The van der Waals surface area contributed by atoms with Crippen LogP contribution in [0, 0.1) is 0 Å². The van der Waals surface area contributed by atoms with E-state index in [1.54, 1.807) is 11.4 Å². The number of amides is 1. The van der Waals surface area contributed by atoms with Crippen LogP contribution in [0.1, 0.15) is 16.1 Å². The standard InChI is InChI=1S/C15H12ClN3OS/c16-12-6-2-1-5-11(12)9-17-14(20)13-10-21-15(18-13)19-7-3-4-8-19/h1-8,10H,9H2,(H,17,20). The van der Waals surface area contributed by atoms with Crippen molar-refractivity contribution in [2.75, 3.05) is 0 Å². The molecule has 21 heavy (non-hydrogen) atoms. The molecular weight excluding hydrogens is 306 g/mol. The van der Waals surface area contributed by atoms with Gasteiger partial charge in [-0.1, -0.05) is 29.8 Å². The minimum atomic E-state index is -0.204. The Labute approximate surface area is 131 Å². The van der Waals surface area contributed by atoms with Gasteiger partial charge < -0.3 is 9.88 Å². The maximum atomic E-state index is 12.1. The third kappa shape index (κ3) is 3.15. The van der Waals surface area contributed by atoms with Gasteiger partial charge in [-0.15, -0.1) is 11.3 Å². The summed E-state index contributed by atoms with van der Waals surface area (Å²) in [5, 5.41) is 5.98. The molecule has 6 heteroatoms. The van der Waals surface area contributed by atoms with Gasteiger partial charge in [0.25, 0.3) is 5.91 Å². The molecule has 0 unspecified atom stereocenters. The van der Waals surface area contributed by atoms with Gasteiger partial charge in [0, 0.05) is 29.3 Å². The molecule has 0 aliphatic heterocycles. The van der Waals surface area contributed by atoms with Gasteiger partial charge in [0.15, 0.2) is 5.13 Å². The Morgan fingerprint density at radius 2 is 2.00 bits per heavy atom. The Hall–Kier alpha value is -2.11. The first-order valence-corrected chi connectivity index (χ1v) is 7.60. The minimum Gasteiger partial charge on any atom is -0.347 e. The first-order chi connectivity index (χ1) is 10.2. The third-order valence-electron chi connectivity index (χ3n) is 2.95. The van der Waals surface area contributed by atoms with Gasteiger partial charge in [0.1, 0.15) is 5.69 Å². The molecule has 0 radical (unpaired) electrons. The van der Waals surface area contributed by atoms with Crippen molar-refractivity contribution in [1.82, 2.24) is 14.9 Å². The molecule has 1 aromatic carbocycles. The summed E-state index contributed by atoms with van der Waals surface area (Å²) in [5.41, 5.74) is 1.30. The van der Waals surface area contributed by atoms with Crippen molar-refractivity contribution in [1.29, 1.82) is 0 Å². The maximum Gasteiger partial charge on any atom is 0.271 e. The molecule has 4 nitrogen and oxygen atoms in total. The number of benzene rings is 1. The van der Waals surface area contributed by atoms with E-state index in [-0.39, 0.29) is 5.91 Å². The molecule has 3 rings (SSSR count). The molecule has 3 aromatic rings. The lowest BCUT2D eigenvalue weighted by Gasteiger charge is -2.05. The average Bonchev–Trinajstić information content (AvgIpc) is 3.16. The molecule has 0 fully saturated rings. The van der Waals surface area contributed by atoms with E-state index in [1.165, 1.54) is 11.3 Å². The molecule has 2 aromatic heterocycles. The van der Waals surface area contributed by atoms with Gasteiger partial charge in [-0.3, -0.25) is 4.79 Å². The lowest BCUT2D eigenvalue weighted by atomic mass is 10.2. The monoisotopic (exact) mass is 317 g/mol. The van der Waals surface area contributed by atoms with Crippen LogP contribution in [0.5, 0.6) is 0 Å². The summed E-state index contributed by atoms with van der Waals surface area (Å²) in [4.78, 5) is 16.4. The lowest BCUT2D eigenvalue weighted by Crippen LogP contribution is -2.23. The number of carbonyl (C=O) groups is 1. The zero-order valence-electron chi connectivity index (χ0n) is 11.0. The quantitative estimate of drug-likeness (QED) is 0.800. The van der Waals surface area contributed by atoms with Crippen molar-refractivity contribution in [3.8, 4) is 5.13 Å². The number of hydrogen-bond donors (Lipinski definition) is 1. The molecule has 0 atom stereocenters. The van der Waals surface area contributed by atoms with Gasteiger partial charge >= 0.3 is 0 Å². The van der Waals surface area contributed by atoms with Crippen molar-refractivity contribution >= 4 is 28.8 Å². The van der Waals surface area contributed by atoms with Crippen molar-refractivity contribution in [2.45, 2.75) is 6.54 Å². The van der Waals surface area contributed by atoms with Crippen LogP contribution in [0.25, 0.3) is 5.13 Å². The lowest BCUT2D eigenvalue weighted by molar-refractivity contribution is 0.0946. The second-order valence-corrected chi connectivity index (χ2v) is 5.62. The Bertz CT molecular complexity index is 752. The summed E-state index contributed by atoms with van der Waals surface area (Å²) in [6, 6.07) is 11.3.